The van der Waals surface area contributed by atoms with E-state index in [9.17, 15) is 14.0 Å². The summed E-state index contributed by atoms with van der Waals surface area (Å²) in [6, 6.07) is 12.8. The number of hydrogen-bond donors (Lipinski definition) is 1. The van der Waals surface area contributed by atoms with Crippen molar-refractivity contribution in [2.45, 2.75) is 18.9 Å². The van der Waals surface area contributed by atoms with Crippen LogP contribution in [0.2, 0.25) is 0 Å². The summed E-state index contributed by atoms with van der Waals surface area (Å²) in [6.45, 7) is 0.425. The Morgan fingerprint density at radius 3 is 2.64 bits per heavy atom. The third kappa shape index (κ3) is 4.74. The van der Waals surface area contributed by atoms with Gasteiger partial charge < -0.3 is 10.2 Å². The average molecular weight is 464 g/mol. The van der Waals surface area contributed by atoms with Gasteiger partial charge in [0.25, 0.3) is 5.91 Å². The van der Waals surface area contributed by atoms with E-state index in [1.165, 1.54) is 17.0 Å². The van der Waals surface area contributed by atoms with Gasteiger partial charge in [-0.25, -0.2) is 4.39 Å². The number of nitrogens with one attached hydrogen (secondary N) is 1. The summed E-state index contributed by atoms with van der Waals surface area (Å²) >= 11 is 8.72. The van der Waals surface area contributed by atoms with Crippen molar-refractivity contribution < 1.29 is 14.0 Å². The molecule has 1 unspecified atom stereocenters. The molecule has 1 atom stereocenters. The molecule has 1 saturated heterocycles. The van der Waals surface area contributed by atoms with Crippen LogP contribution in [0, 0.1) is 5.82 Å². The molecule has 3 rings (SSSR count). The minimum Gasteiger partial charge on any atom is -0.336 e. The molecule has 1 aliphatic heterocycles. The lowest BCUT2D eigenvalue weighted by Gasteiger charge is -2.23. The Kier molecular flexibility index (Phi) is 6.41. The van der Waals surface area contributed by atoms with Crippen molar-refractivity contribution in [3.8, 4) is 0 Å². The fourth-order valence-corrected chi connectivity index (χ4v) is 3.66. The second kappa shape index (κ2) is 8.79. The van der Waals surface area contributed by atoms with Crippen molar-refractivity contribution in [3.05, 3.63) is 64.4 Å². The van der Waals surface area contributed by atoms with Gasteiger partial charge in [0.15, 0.2) is 5.11 Å². The van der Waals surface area contributed by atoms with Crippen molar-refractivity contribution in [2.75, 3.05) is 18.9 Å². The van der Waals surface area contributed by atoms with Crippen LogP contribution in [-0.4, -0.2) is 46.4 Å². The molecule has 1 N–H and O–H groups in total. The van der Waals surface area contributed by atoms with Gasteiger partial charge in [-0.1, -0.05) is 28.1 Å². The monoisotopic (exact) mass is 463 g/mol. The lowest BCUT2D eigenvalue weighted by molar-refractivity contribution is -0.130. The van der Waals surface area contributed by atoms with Gasteiger partial charge in [-0.05, 0) is 60.6 Å². The van der Waals surface area contributed by atoms with E-state index in [1.54, 1.807) is 30.1 Å². The maximum Gasteiger partial charge on any atom is 0.251 e. The van der Waals surface area contributed by atoms with Gasteiger partial charge in [0.05, 0.1) is 6.42 Å². The Morgan fingerprint density at radius 2 is 1.96 bits per heavy atom. The highest BCUT2D eigenvalue weighted by atomic mass is 79.9. The van der Waals surface area contributed by atoms with Gasteiger partial charge in [0.2, 0.25) is 5.91 Å². The van der Waals surface area contributed by atoms with Crippen molar-refractivity contribution in [1.29, 1.82) is 0 Å². The lowest BCUT2D eigenvalue weighted by atomic mass is 10.1. The summed E-state index contributed by atoms with van der Waals surface area (Å²) in [7, 11) is 1.60. The van der Waals surface area contributed by atoms with E-state index in [4.69, 9.17) is 12.2 Å². The first-order valence-corrected chi connectivity index (χ1v) is 9.93. The van der Waals surface area contributed by atoms with Crippen molar-refractivity contribution in [2.24, 2.45) is 0 Å². The summed E-state index contributed by atoms with van der Waals surface area (Å²) in [5.74, 6) is -0.787. The largest absolute Gasteiger partial charge is 0.336 e. The maximum absolute atomic E-state index is 13.4. The van der Waals surface area contributed by atoms with E-state index >= 15 is 0 Å². The van der Waals surface area contributed by atoms with Gasteiger partial charge in [0.1, 0.15) is 11.9 Å². The van der Waals surface area contributed by atoms with E-state index in [0.717, 1.165) is 10.0 Å². The summed E-state index contributed by atoms with van der Waals surface area (Å²) in [4.78, 5) is 28.2. The number of rotatable bonds is 6. The van der Waals surface area contributed by atoms with E-state index in [2.05, 4.69) is 21.2 Å². The Balaban J connectivity index is 1.67. The Bertz CT molecular complexity index is 907. The van der Waals surface area contributed by atoms with Crippen molar-refractivity contribution in [3.63, 3.8) is 0 Å². The van der Waals surface area contributed by atoms with Crippen LogP contribution in [0.5, 0.6) is 0 Å². The number of anilines is 1. The molecule has 1 fully saturated rings. The molecule has 146 valence electrons. The molecule has 1 aliphatic rings. The van der Waals surface area contributed by atoms with Gasteiger partial charge in [-0.3, -0.25) is 14.5 Å². The summed E-state index contributed by atoms with van der Waals surface area (Å²) in [5, 5.41) is 3.18. The second-order valence-corrected chi connectivity index (χ2v) is 7.81. The van der Waals surface area contributed by atoms with E-state index in [-0.39, 0.29) is 24.1 Å². The molecule has 2 aromatic carbocycles. The predicted octanol–water partition coefficient (Wildman–Crippen LogP) is 3.59. The predicted molar refractivity (Wildman–Crippen MR) is 113 cm³/mol. The first kappa shape index (κ1) is 20.4. The lowest BCUT2D eigenvalue weighted by Crippen LogP contribution is -2.39. The summed E-state index contributed by atoms with van der Waals surface area (Å²) in [6.07, 6.45) is 0.506. The van der Waals surface area contributed by atoms with Crippen LogP contribution in [0.3, 0.4) is 0 Å². The number of benzene rings is 2. The van der Waals surface area contributed by atoms with Gasteiger partial charge in [-0.2, -0.15) is 0 Å². The summed E-state index contributed by atoms with van der Waals surface area (Å²) in [5.41, 5.74) is 1.46. The number of thiocarbonyl (C=S) groups is 1. The Labute approximate surface area is 176 Å². The molecule has 0 aromatic heterocycles. The number of hydrogen-bond acceptors (Lipinski definition) is 3. The molecule has 8 heteroatoms. The minimum absolute atomic E-state index is 0.0114. The van der Waals surface area contributed by atoms with Crippen LogP contribution < -0.4 is 5.32 Å². The van der Waals surface area contributed by atoms with Crippen LogP contribution >= 0.6 is 28.1 Å². The zero-order valence-electron chi connectivity index (χ0n) is 15.2. The maximum atomic E-state index is 13.4. The number of carbonyl (C=O) groups excluding carboxylic acids is 2. The zero-order valence-corrected chi connectivity index (χ0v) is 17.6. The SMILES string of the molecule is CN1C(=O)C(CC(=O)Nc2ccc(Br)cc2)N(CCc2cccc(F)c2)C1=S. The highest BCUT2D eigenvalue weighted by Crippen LogP contribution is 2.21. The van der Waals surface area contributed by atoms with E-state index < -0.39 is 6.04 Å². The first-order chi connectivity index (χ1) is 13.3. The molecule has 0 saturated carbocycles. The normalized spacial score (nSPS) is 16.6. The van der Waals surface area contributed by atoms with Gasteiger partial charge in [0, 0.05) is 23.8 Å². The average Bonchev–Trinajstić information content (AvgIpc) is 2.86. The quantitative estimate of drug-likeness (QED) is 0.665. The van der Waals surface area contributed by atoms with Crippen LogP contribution in [-0.2, 0) is 16.0 Å². The Hall–Kier alpha value is -2.32. The molecule has 28 heavy (non-hydrogen) atoms. The molecular weight excluding hydrogens is 445 g/mol. The minimum atomic E-state index is -0.665. The van der Waals surface area contributed by atoms with Crippen LogP contribution in [0.25, 0.3) is 0 Å². The molecule has 0 aliphatic carbocycles. The smallest absolute Gasteiger partial charge is 0.251 e. The molecular formula is C20H19BrFN3O2S. The molecule has 2 aromatic rings. The number of nitrogens with zero attached hydrogens (tertiary/aromatic N) is 2. The third-order valence-corrected chi connectivity index (χ3v) is 5.60. The number of halogens is 2. The third-order valence-electron chi connectivity index (χ3n) is 4.56. The molecule has 0 radical (unpaired) electrons. The van der Waals surface area contributed by atoms with E-state index in [1.807, 2.05) is 18.2 Å². The van der Waals surface area contributed by atoms with Crippen LogP contribution in [0.4, 0.5) is 10.1 Å². The Morgan fingerprint density at radius 1 is 1.25 bits per heavy atom. The first-order valence-electron chi connectivity index (χ1n) is 8.73. The molecule has 5 nitrogen and oxygen atoms in total. The van der Waals surface area contributed by atoms with Crippen LogP contribution in [0.1, 0.15) is 12.0 Å². The standard InChI is InChI=1S/C20H19BrFN3O2S/c1-24-19(27)17(12-18(26)23-16-7-5-14(21)6-8-16)25(20(24)28)10-9-13-3-2-4-15(22)11-13/h2-8,11,17H,9-10,12H2,1H3,(H,23,26). The van der Waals surface area contributed by atoms with Gasteiger partial charge in [-0.15, -0.1) is 0 Å². The fourth-order valence-electron chi connectivity index (χ4n) is 3.09. The molecule has 2 amide bonds. The number of carbonyl (C=O) groups is 2. The van der Waals surface area contributed by atoms with Crippen LogP contribution in [0.15, 0.2) is 53.0 Å². The highest BCUT2D eigenvalue weighted by molar-refractivity contribution is 9.10. The van der Waals surface area contributed by atoms with Gasteiger partial charge >= 0.3 is 0 Å². The van der Waals surface area contributed by atoms with Crippen molar-refractivity contribution >= 4 is 50.8 Å². The fraction of sp³-hybridized carbons (Fsp3) is 0.250. The molecule has 0 bridgehead atoms. The van der Waals surface area contributed by atoms with E-state index in [0.29, 0.717) is 23.8 Å². The highest BCUT2D eigenvalue weighted by Gasteiger charge is 2.41. The molecule has 1 heterocycles. The number of likely N-dealkylation sites (N-methyl/N-ethyl adjacent to an activating group) is 1. The summed E-state index contributed by atoms with van der Waals surface area (Å²) < 4.78 is 14.3. The van der Waals surface area contributed by atoms with Crippen molar-refractivity contribution in [1.82, 2.24) is 9.80 Å². The molecule has 0 spiro atoms. The topological polar surface area (TPSA) is 52.7 Å². The number of amides is 2. The second-order valence-electron chi connectivity index (χ2n) is 6.53. The zero-order chi connectivity index (χ0) is 20.3.